The molecule has 1 aliphatic carbocycles. The van der Waals surface area contributed by atoms with E-state index in [-0.39, 0.29) is 24.0 Å². The van der Waals surface area contributed by atoms with E-state index < -0.39 is 0 Å². The lowest BCUT2D eigenvalue weighted by atomic mass is 10.0. The van der Waals surface area contributed by atoms with Gasteiger partial charge in [-0.1, -0.05) is 12.2 Å². The number of nitrogens with two attached hydrogens (primary N) is 1. The Labute approximate surface area is 108 Å². The fraction of sp³-hybridized carbons (Fsp3) is 0.417. The lowest BCUT2D eigenvalue weighted by molar-refractivity contribution is 0.242. The number of imidazole rings is 1. The van der Waals surface area contributed by atoms with Crippen LogP contribution < -0.4 is 11.3 Å². The molecule has 2 heterocycles. The Kier molecular flexibility index (Phi) is 2.83. The third-order valence-corrected chi connectivity index (χ3v) is 3.42. The van der Waals surface area contributed by atoms with E-state index in [2.05, 4.69) is 21.0 Å². The van der Waals surface area contributed by atoms with Crippen LogP contribution in [0.2, 0.25) is 0 Å². The van der Waals surface area contributed by atoms with Crippen LogP contribution in [-0.4, -0.2) is 31.2 Å². The summed E-state index contributed by atoms with van der Waals surface area (Å²) in [5, 5.41) is 9.11. The van der Waals surface area contributed by atoms with Gasteiger partial charge in [0.1, 0.15) is 0 Å². The van der Waals surface area contributed by atoms with E-state index in [1.54, 1.807) is 6.33 Å². The van der Waals surface area contributed by atoms with E-state index in [1.807, 2.05) is 10.6 Å². The molecule has 4 N–H and O–H groups in total. The molecular weight excluding hydrogens is 246 g/mol. The van der Waals surface area contributed by atoms with Gasteiger partial charge in [-0.25, -0.2) is 4.98 Å². The van der Waals surface area contributed by atoms with E-state index in [0.29, 0.717) is 23.6 Å². The van der Waals surface area contributed by atoms with Crippen LogP contribution in [0.25, 0.3) is 11.2 Å². The number of aliphatic hydroxyl groups is 1. The minimum atomic E-state index is -0.323. The van der Waals surface area contributed by atoms with Gasteiger partial charge in [0.15, 0.2) is 11.2 Å². The molecule has 3 rings (SSSR count). The molecule has 7 heteroatoms. The number of anilines is 1. The van der Waals surface area contributed by atoms with Gasteiger partial charge in [0.2, 0.25) is 5.95 Å². The fourth-order valence-electron chi connectivity index (χ4n) is 2.49. The summed E-state index contributed by atoms with van der Waals surface area (Å²) in [7, 11) is 0. The summed E-state index contributed by atoms with van der Waals surface area (Å²) in [5.74, 6) is 0.632. The molecule has 7 nitrogen and oxygen atoms in total. The van der Waals surface area contributed by atoms with Crippen molar-refractivity contribution in [2.24, 2.45) is 11.8 Å². The first-order valence-corrected chi connectivity index (χ1v) is 6.17. The van der Waals surface area contributed by atoms with Crippen LogP contribution in [0.1, 0.15) is 6.42 Å². The van der Waals surface area contributed by atoms with Gasteiger partial charge in [0.05, 0.1) is 6.33 Å². The quantitative estimate of drug-likeness (QED) is 0.667. The van der Waals surface area contributed by atoms with Gasteiger partial charge >= 0.3 is 0 Å². The maximum atomic E-state index is 11.7. The summed E-state index contributed by atoms with van der Waals surface area (Å²) in [6.45, 7) is 0.849. The Bertz CT molecular complexity index is 687. The van der Waals surface area contributed by atoms with Crippen LogP contribution in [0.4, 0.5) is 5.95 Å². The fourth-order valence-corrected chi connectivity index (χ4v) is 2.49. The number of aromatic amines is 1. The van der Waals surface area contributed by atoms with Gasteiger partial charge in [0.25, 0.3) is 5.56 Å². The highest BCUT2D eigenvalue weighted by Gasteiger charge is 2.20. The topological polar surface area (TPSA) is 110 Å². The van der Waals surface area contributed by atoms with Crippen molar-refractivity contribution in [2.45, 2.75) is 13.0 Å². The summed E-state index contributed by atoms with van der Waals surface area (Å²) in [4.78, 5) is 22.3. The molecule has 0 fully saturated rings. The second kappa shape index (κ2) is 4.51. The smallest absolute Gasteiger partial charge is 0.280 e. The molecule has 0 radical (unpaired) electrons. The molecule has 0 amide bonds. The van der Waals surface area contributed by atoms with Crippen molar-refractivity contribution in [3.05, 3.63) is 28.8 Å². The molecule has 19 heavy (non-hydrogen) atoms. The Hall–Kier alpha value is -2.15. The summed E-state index contributed by atoms with van der Waals surface area (Å²) >= 11 is 0. The Balaban J connectivity index is 1.90. The first kappa shape index (κ1) is 11.9. The van der Waals surface area contributed by atoms with E-state index in [9.17, 15) is 4.79 Å². The number of nitrogens with zero attached hydrogens (tertiary/aromatic N) is 3. The molecule has 2 aromatic heterocycles. The van der Waals surface area contributed by atoms with Crippen molar-refractivity contribution in [3.8, 4) is 0 Å². The first-order valence-electron chi connectivity index (χ1n) is 6.17. The summed E-state index contributed by atoms with van der Waals surface area (Å²) in [6.07, 6.45) is 6.61. The van der Waals surface area contributed by atoms with Crippen LogP contribution >= 0.6 is 0 Å². The number of hydrogen-bond donors (Lipinski definition) is 3. The van der Waals surface area contributed by atoms with Gasteiger partial charge in [-0.2, -0.15) is 4.98 Å². The number of rotatable bonds is 3. The molecule has 0 bridgehead atoms. The molecule has 0 aromatic carbocycles. The van der Waals surface area contributed by atoms with Gasteiger partial charge < -0.3 is 15.4 Å². The number of aromatic nitrogens is 4. The lowest BCUT2D eigenvalue weighted by Crippen LogP contribution is -2.14. The van der Waals surface area contributed by atoms with Crippen molar-refractivity contribution < 1.29 is 5.11 Å². The SMILES string of the molecule is Nc1nc2c(ncn2CC2C=CC(CO)C2)c(=O)[nH]1. The molecule has 0 saturated heterocycles. The van der Waals surface area contributed by atoms with Crippen molar-refractivity contribution in [2.75, 3.05) is 12.3 Å². The highest BCUT2D eigenvalue weighted by molar-refractivity contribution is 5.70. The number of hydrogen-bond acceptors (Lipinski definition) is 5. The number of nitrogens with one attached hydrogen (secondary N) is 1. The number of aliphatic hydroxyl groups excluding tert-OH is 1. The summed E-state index contributed by atoms with van der Waals surface area (Å²) in [5.41, 5.74) is 6.03. The second-order valence-electron chi connectivity index (χ2n) is 4.84. The Morgan fingerprint density at radius 3 is 3.00 bits per heavy atom. The predicted octanol–water partition coefficient (Wildman–Crippen LogP) is -0.114. The second-order valence-corrected chi connectivity index (χ2v) is 4.84. The average molecular weight is 261 g/mol. The highest BCUT2D eigenvalue weighted by atomic mass is 16.3. The number of nitrogen functional groups attached to an aromatic ring is 1. The van der Waals surface area contributed by atoms with Crippen LogP contribution in [0.5, 0.6) is 0 Å². The summed E-state index contributed by atoms with van der Waals surface area (Å²) in [6, 6.07) is 0. The van der Waals surface area contributed by atoms with Gasteiger partial charge in [-0.15, -0.1) is 0 Å². The van der Waals surface area contributed by atoms with Crippen molar-refractivity contribution in [3.63, 3.8) is 0 Å². The lowest BCUT2D eigenvalue weighted by Gasteiger charge is -2.11. The van der Waals surface area contributed by atoms with Crippen LogP contribution in [0, 0.1) is 11.8 Å². The standard InChI is InChI=1S/C12H15N5O2/c13-12-15-10-9(11(19)16-12)14-6-17(10)4-7-1-2-8(3-7)5-18/h1-2,6-8,18H,3-5H2,(H3,13,15,16,19). The van der Waals surface area contributed by atoms with Crippen LogP contribution in [0.3, 0.4) is 0 Å². The number of H-pyrrole nitrogens is 1. The van der Waals surface area contributed by atoms with E-state index in [0.717, 1.165) is 6.42 Å². The molecule has 2 aromatic rings. The van der Waals surface area contributed by atoms with Crippen molar-refractivity contribution in [1.82, 2.24) is 19.5 Å². The number of allylic oxidation sites excluding steroid dienone is 1. The van der Waals surface area contributed by atoms with Crippen LogP contribution in [0.15, 0.2) is 23.3 Å². The molecular formula is C12H15N5O2. The predicted molar refractivity (Wildman–Crippen MR) is 70.4 cm³/mol. The summed E-state index contributed by atoms with van der Waals surface area (Å²) < 4.78 is 1.83. The molecule has 100 valence electrons. The normalized spacial score (nSPS) is 22.4. The highest BCUT2D eigenvalue weighted by Crippen LogP contribution is 2.25. The monoisotopic (exact) mass is 261 g/mol. The van der Waals surface area contributed by atoms with E-state index >= 15 is 0 Å². The van der Waals surface area contributed by atoms with Crippen LogP contribution in [-0.2, 0) is 6.54 Å². The third kappa shape index (κ3) is 2.12. The maximum absolute atomic E-state index is 11.7. The molecule has 1 aliphatic rings. The maximum Gasteiger partial charge on any atom is 0.280 e. The van der Waals surface area contributed by atoms with Gasteiger partial charge in [-0.05, 0) is 12.3 Å². The van der Waals surface area contributed by atoms with Gasteiger partial charge in [-0.3, -0.25) is 9.78 Å². The molecule has 0 aliphatic heterocycles. The first-order chi connectivity index (χ1) is 9.17. The van der Waals surface area contributed by atoms with Crippen molar-refractivity contribution >= 4 is 17.1 Å². The molecule has 0 saturated carbocycles. The molecule has 2 unspecified atom stereocenters. The Morgan fingerprint density at radius 2 is 2.26 bits per heavy atom. The minimum Gasteiger partial charge on any atom is -0.396 e. The molecule has 2 atom stereocenters. The average Bonchev–Trinajstić information content (AvgIpc) is 2.97. The zero-order valence-corrected chi connectivity index (χ0v) is 10.3. The molecule has 0 spiro atoms. The number of fused-ring (bicyclic) bond motifs is 1. The van der Waals surface area contributed by atoms with E-state index in [1.165, 1.54) is 0 Å². The zero-order valence-electron chi connectivity index (χ0n) is 10.3. The zero-order chi connectivity index (χ0) is 13.4. The minimum absolute atomic E-state index is 0.0921. The van der Waals surface area contributed by atoms with Gasteiger partial charge in [0, 0.05) is 19.1 Å². The van der Waals surface area contributed by atoms with E-state index in [4.69, 9.17) is 10.8 Å². The van der Waals surface area contributed by atoms with Crippen molar-refractivity contribution in [1.29, 1.82) is 0 Å². The largest absolute Gasteiger partial charge is 0.396 e. The Morgan fingerprint density at radius 1 is 1.47 bits per heavy atom. The third-order valence-electron chi connectivity index (χ3n) is 3.42.